The summed E-state index contributed by atoms with van der Waals surface area (Å²) < 4.78 is 21.2. The fraction of sp³-hybridized carbons (Fsp3) is 0.160. The van der Waals surface area contributed by atoms with Crippen molar-refractivity contribution in [3.8, 4) is 62.7 Å². The van der Waals surface area contributed by atoms with Crippen LogP contribution in [0.1, 0.15) is 0 Å². The van der Waals surface area contributed by atoms with E-state index in [-0.39, 0.29) is 5.75 Å². The van der Waals surface area contributed by atoms with Crippen molar-refractivity contribution in [2.75, 3.05) is 28.4 Å². The summed E-state index contributed by atoms with van der Waals surface area (Å²) in [4.78, 5) is 8.31. The van der Waals surface area contributed by atoms with E-state index in [1.807, 2.05) is 48.5 Å². The number of phenols is 1. The summed E-state index contributed by atoms with van der Waals surface area (Å²) in [6, 6.07) is 18.9. The maximum Gasteiger partial charge on any atom is 0.200 e. The lowest BCUT2D eigenvalue weighted by Crippen LogP contribution is -1.91. The number of phenolic OH excluding ortho intramolecular Hbond substituents is 1. The molecule has 0 unspecified atom stereocenters. The molecule has 0 aliphatic carbocycles. The van der Waals surface area contributed by atoms with Crippen LogP contribution in [0, 0.1) is 0 Å². The number of ether oxygens (including phenoxy) is 4. The van der Waals surface area contributed by atoms with E-state index in [0.717, 1.165) is 34.0 Å². The van der Waals surface area contributed by atoms with Crippen LogP contribution >= 0.6 is 0 Å². The minimum absolute atomic E-state index is 0.0592. The van der Waals surface area contributed by atoms with Gasteiger partial charge in [-0.25, -0.2) is 4.98 Å². The molecule has 0 saturated carbocycles. The predicted octanol–water partition coefficient (Wildman–Crippen LogP) is 5.15. The van der Waals surface area contributed by atoms with Crippen molar-refractivity contribution < 1.29 is 24.1 Å². The number of imidazole rings is 1. The predicted molar refractivity (Wildman–Crippen MR) is 123 cm³/mol. The average Bonchev–Trinajstić information content (AvgIpc) is 3.29. The van der Waals surface area contributed by atoms with Crippen LogP contribution in [-0.2, 0) is 0 Å². The van der Waals surface area contributed by atoms with Gasteiger partial charge in [0.25, 0.3) is 0 Å². The lowest BCUT2D eigenvalue weighted by molar-refractivity contribution is 0.340. The van der Waals surface area contributed by atoms with Crippen molar-refractivity contribution in [1.29, 1.82) is 0 Å². The first kappa shape index (κ1) is 21.1. The van der Waals surface area contributed by atoms with E-state index >= 15 is 0 Å². The molecule has 0 radical (unpaired) electrons. The molecule has 0 fully saturated rings. The lowest BCUT2D eigenvalue weighted by Gasteiger charge is -2.10. The maximum atomic E-state index is 10.3. The van der Waals surface area contributed by atoms with Gasteiger partial charge < -0.3 is 29.0 Å². The van der Waals surface area contributed by atoms with Gasteiger partial charge in [0.1, 0.15) is 17.3 Å². The highest BCUT2D eigenvalue weighted by atomic mass is 16.5. The van der Waals surface area contributed by atoms with E-state index in [1.165, 1.54) is 14.2 Å². The molecule has 0 bridgehead atoms. The first-order chi connectivity index (χ1) is 15.6. The van der Waals surface area contributed by atoms with Crippen LogP contribution in [0.5, 0.6) is 28.7 Å². The summed E-state index contributed by atoms with van der Waals surface area (Å²) in [7, 11) is 6.26. The van der Waals surface area contributed by atoms with Crippen LogP contribution < -0.4 is 18.9 Å². The van der Waals surface area contributed by atoms with Crippen LogP contribution in [0.4, 0.5) is 0 Å². The minimum atomic E-state index is -0.0592. The van der Waals surface area contributed by atoms with Gasteiger partial charge in [0.15, 0.2) is 11.5 Å². The van der Waals surface area contributed by atoms with Gasteiger partial charge in [-0.1, -0.05) is 0 Å². The van der Waals surface area contributed by atoms with Crippen LogP contribution in [-0.4, -0.2) is 43.5 Å². The number of methoxy groups -OCH3 is 4. The Morgan fingerprint density at radius 3 is 1.62 bits per heavy atom. The van der Waals surface area contributed by atoms with Crippen molar-refractivity contribution in [1.82, 2.24) is 9.97 Å². The van der Waals surface area contributed by atoms with E-state index < -0.39 is 0 Å². The van der Waals surface area contributed by atoms with Crippen LogP contribution in [0.25, 0.3) is 33.9 Å². The zero-order chi connectivity index (χ0) is 22.7. The average molecular weight is 432 g/mol. The summed E-state index contributed by atoms with van der Waals surface area (Å²) in [6.45, 7) is 0. The number of nitrogens with one attached hydrogen (secondary N) is 1. The Labute approximate surface area is 186 Å². The third kappa shape index (κ3) is 3.92. The Kier molecular flexibility index (Phi) is 5.89. The number of H-pyrrole nitrogens is 1. The quantitative estimate of drug-likeness (QED) is 0.420. The number of nitrogens with zero attached hydrogens (tertiary/aromatic N) is 1. The standard InChI is InChI=1S/C25H24N2O5/c1-29-18-9-5-15(6-10-18)22-23(16-7-11-19(30-2)12-8-16)27-25(26-22)17-13-20(31-3)24(28)21(14-17)32-4/h5-14,28H,1-4H3,(H,26,27). The molecule has 0 atom stereocenters. The second-order valence-electron chi connectivity index (χ2n) is 7.00. The molecule has 0 saturated heterocycles. The second kappa shape index (κ2) is 8.93. The summed E-state index contributed by atoms with van der Waals surface area (Å²) in [5.74, 6) is 2.69. The van der Waals surface area contributed by atoms with Gasteiger partial charge >= 0.3 is 0 Å². The molecule has 0 aliphatic heterocycles. The van der Waals surface area contributed by atoms with E-state index in [1.54, 1.807) is 26.4 Å². The molecule has 4 rings (SSSR count). The van der Waals surface area contributed by atoms with Gasteiger partial charge in [0.05, 0.1) is 39.8 Å². The van der Waals surface area contributed by atoms with Gasteiger partial charge in [0.2, 0.25) is 5.75 Å². The molecular formula is C25H24N2O5. The number of aromatic hydroxyl groups is 1. The SMILES string of the molecule is COc1ccc(-c2nc(-c3cc(OC)c(O)c(OC)c3)[nH]c2-c2ccc(OC)cc2)cc1. The van der Waals surface area contributed by atoms with Crippen molar-refractivity contribution in [3.05, 3.63) is 60.7 Å². The van der Waals surface area contributed by atoms with Gasteiger partial charge in [-0.3, -0.25) is 0 Å². The van der Waals surface area contributed by atoms with Crippen molar-refractivity contribution in [2.24, 2.45) is 0 Å². The molecule has 164 valence electrons. The molecule has 2 N–H and O–H groups in total. The van der Waals surface area contributed by atoms with Crippen molar-refractivity contribution in [2.45, 2.75) is 0 Å². The summed E-state index contributed by atoms with van der Waals surface area (Å²) in [5, 5.41) is 10.3. The molecule has 0 aliphatic rings. The fourth-order valence-electron chi connectivity index (χ4n) is 3.46. The minimum Gasteiger partial charge on any atom is -0.502 e. The van der Waals surface area contributed by atoms with E-state index in [2.05, 4.69) is 4.98 Å². The van der Waals surface area contributed by atoms with Crippen LogP contribution in [0.15, 0.2) is 60.7 Å². The normalized spacial score (nSPS) is 10.6. The Balaban J connectivity index is 1.89. The van der Waals surface area contributed by atoms with Gasteiger partial charge in [-0.15, -0.1) is 0 Å². The zero-order valence-corrected chi connectivity index (χ0v) is 18.3. The highest BCUT2D eigenvalue weighted by molar-refractivity contribution is 5.82. The smallest absolute Gasteiger partial charge is 0.200 e. The highest BCUT2D eigenvalue weighted by Crippen LogP contribution is 2.41. The number of aromatic amines is 1. The van der Waals surface area contributed by atoms with Crippen molar-refractivity contribution in [3.63, 3.8) is 0 Å². The third-order valence-electron chi connectivity index (χ3n) is 5.20. The first-order valence-electron chi connectivity index (χ1n) is 9.92. The Hall–Kier alpha value is -4.13. The number of benzene rings is 3. The lowest BCUT2D eigenvalue weighted by atomic mass is 10.0. The zero-order valence-electron chi connectivity index (χ0n) is 18.3. The fourth-order valence-corrected chi connectivity index (χ4v) is 3.46. The van der Waals surface area contributed by atoms with Crippen molar-refractivity contribution >= 4 is 0 Å². The third-order valence-corrected chi connectivity index (χ3v) is 5.20. The van der Waals surface area contributed by atoms with Gasteiger partial charge in [-0.2, -0.15) is 0 Å². The molecule has 3 aromatic carbocycles. The maximum absolute atomic E-state index is 10.3. The summed E-state index contributed by atoms with van der Waals surface area (Å²) in [5.41, 5.74) is 4.22. The van der Waals surface area contributed by atoms with E-state index in [0.29, 0.717) is 22.9 Å². The molecule has 1 heterocycles. The Bertz CT molecular complexity index is 1120. The number of hydrogen-bond donors (Lipinski definition) is 2. The molecule has 7 nitrogen and oxygen atoms in total. The largest absolute Gasteiger partial charge is 0.502 e. The molecule has 0 amide bonds. The van der Waals surface area contributed by atoms with E-state index in [9.17, 15) is 5.11 Å². The highest BCUT2D eigenvalue weighted by Gasteiger charge is 2.19. The molecule has 4 aromatic rings. The molecular weight excluding hydrogens is 408 g/mol. The van der Waals surface area contributed by atoms with Crippen LogP contribution in [0.3, 0.4) is 0 Å². The second-order valence-corrected chi connectivity index (χ2v) is 7.00. The number of aromatic nitrogens is 2. The Morgan fingerprint density at radius 2 is 1.16 bits per heavy atom. The molecule has 32 heavy (non-hydrogen) atoms. The van der Waals surface area contributed by atoms with Crippen LogP contribution in [0.2, 0.25) is 0 Å². The monoisotopic (exact) mass is 432 g/mol. The molecule has 1 aromatic heterocycles. The molecule has 7 heteroatoms. The number of rotatable bonds is 7. The first-order valence-corrected chi connectivity index (χ1v) is 9.92. The topological polar surface area (TPSA) is 85.8 Å². The van der Waals surface area contributed by atoms with Gasteiger partial charge in [0, 0.05) is 16.7 Å². The summed E-state index contributed by atoms with van der Waals surface area (Å²) in [6.07, 6.45) is 0. The summed E-state index contributed by atoms with van der Waals surface area (Å²) >= 11 is 0. The van der Waals surface area contributed by atoms with E-state index in [4.69, 9.17) is 23.9 Å². The van der Waals surface area contributed by atoms with Gasteiger partial charge in [-0.05, 0) is 60.7 Å². The number of hydrogen-bond acceptors (Lipinski definition) is 6. The Morgan fingerprint density at radius 1 is 0.656 bits per heavy atom. The molecule has 0 spiro atoms.